The smallest absolute Gasteiger partial charge is 0.244 e. The van der Waals surface area contributed by atoms with Gasteiger partial charge in [-0.05, 0) is 30.3 Å². The van der Waals surface area contributed by atoms with Crippen LogP contribution in [-0.2, 0) is 10.0 Å². The Morgan fingerprint density at radius 3 is 2.40 bits per heavy atom. The molecule has 5 nitrogen and oxygen atoms in total. The number of methoxy groups -OCH3 is 1. The van der Waals surface area contributed by atoms with Gasteiger partial charge in [0.05, 0.1) is 17.8 Å². The third-order valence-corrected chi connectivity index (χ3v) is 7.05. The second kappa shape index (κ2) is 7.53. The van der Waals surface area contributed by atoms with Crippen molar-refractivity contribution < 1.29 is 13.2 Å². The van der Waals surface area contributed by atoms with Gasteiger partial charge < -0.3 is 9.64 Å². The molecule has 3 rings (SSSR count). The largest absolute Gasteiger partial charge is 0.495 e. The first-order valence-corrected chi connectivity index (χ1v) is 10.4. The molecule has 0 aliphatic carbocycles. The van der Waals surface area contributed by atoms with Gasteiger partial charge in [0.2, 0.25) is 10.0 Å². The summed E-state index contributed by atoms with van der Waals surface area (Å²) in [5.74, 6) is 0.787. The maximum atomic E-state index is 12.9. The number of para-hydroxylation sites is 2. The van der Waals surface area contributed by atoms with Crippen molar-refractivity contribution in [2.75, 3.05) is 38.2 Å². The van der Waals surface area contributed by atoms with E-state index >= 15 is 0 Å². The number of benzene rings is 2. The second-order valence-corrected chi connectivity index (χ2v) is 8.87. The summed E-state index contributed by atoms with van der Waals surface area (Å²) in [6.07, 6.45) is 0. The molecule has 1 fully saturated rings. The fourth-order valence-corrected chi connectivity index (χ4v) is 5.32. The van der Waals surface area contributed by atoms with E-state index in [1.165, 1.54) is 10.4 Å². The number of nitrogens with zero attached hydrogens (tertiary/aromatic N) is 2. The van der Waals surface area contributed by atoms with Gasteiger partial charge in [-0.2, -0.15) is 4.31 Å². The molecule has 0 amide bonds. The summed E-state index contributed by atoms with van der Waals surface area (Å²) in [5.41, 5.74) is 0.976. The molecule has 8 heteroatoms. The van der Waals surface area contributed by atoms with E-state index in [2.05, 4.69) is 20.8 Å². The standard InChI is InChI=1S/C17H18BrClN2O3S/c1-24-16-5-3-2-4-15(16)20-8-10-21(11-9-20)25(22,23)17-7-6-13(18)12-14(17)19/h2-7,12H,8-11H2,1H3. The first-order valence-electron chi connectivity index (χ1n) is 7.76. The van der Waals surface area contributed by atoms with Crippen LogP contribution in [-0.4, -0.2) is 46.0 Å². The lowest BCUT2D eigenvalue weighted by molar-refractivity contribution is 0.378. The van der Waals surface area contributed by atoms with Crippen LogP contribution in [0.1, 0.15) is 0 Å². The van der Waals surface area contributed by atoms with E-state index in [0.717, 1.165) is 15.9 Å². The third kappa shape index (κ3) is 3.79. The third-order valence-electron chi connectivity index (χ3n) is 4.18. The Kier molecular flexibility index (Phi) is 5.58. The molecule has 0 unspecified atom stereocenters. The summed E-state index contributed by atoms with van der Waals surface area (Å²) in [5, 5.41) is 0.224. The summed E-state index contributed by atoms with van der Waals surface area (Å²) in [7, 11) is -1.97. The molecule has 0 radical (unpaired) electrons. The number of hydrogen-bond acceptors (Lipinski definition) is 4. The molecule has 0 atom stereocenters. The van der Waals surface area contributed by atoms with Gasteiger partial charge in [0, 0.05) is 30.7 Å². The van der Waals surface area contributed by atoms with E-state index in [9.17, 15) is 8.42 Å². The average molecular weight is 446 g/mol. The summed E-state index contributed by atoms with van der Waals surface area (Å²) < 4.78 is 33.4. The van der Waals surface area contributed by atoms with Gasteiger partial charge in [0.25, 0.3) is 0 Å². The van der Waals surface area contributed by atoms with Crippen molar-refractivity contribution in [1.29, 1.82) is 0 Å². The van der Waals surface area contributed by atoms with E-state index < -0.39 is 10.0 Å². The molecule has 2 aromatic carbocycles. The van der Waals surface area contributed by atoms with Crippen molar-refractivity contribution >= 4 is 43.2 Å². The number of sulfonamides is 1. The maximum Gasteiger partial charge on any atom is 0.244 e. The van der Waals surface area contributed by atoms with Crippen LogP contribution in [0.25, 0.3) is 0 Å². The van der Waals surface area contributed by atoms with Gasteiger partial charge in [-0.25, -0.2) is 8.42 Å². The normalized spacial score (nSPS) is 16.0. The zero-order valence-corrected chi connectivity index (χ0v) is 16.8. The maximum absolute atomic E-state index is 12.9. The Hall–Kier alpha value is -1.28. The highest BCUT2D eigenvalue weighted by atomic mass is 79.9. The molecule has 0 bridgehead atoms. The lowest BCUT2D eigenvalue weighted by Gasteiger charge is -2.36. The summed E-state index contributed by atoms with van der Waals surface area (Å²) >= 11 is 9.43. The number of piperazine rings is 1. The first-order chi connectivity index (χ1) is 11.9. The molecular formula is C17H18BrClN2O3S. The van der Waals surface area contributed by atoms with Gasteiger partial charge in [-0.3, -0.25) is 0 Å². The van der Waals surface area contributed by atoms with Crippen LogP contribution in [0.2, 0.25) is 5.02 Å². The fourth-order valence-electron chi connectivity index (χ4n) is 2.88. The molecule has 25 heavy (non-hydrogen) atoms. The molecule has 1 aliphatic rings. The molecule has 134 valence electrons. The van der Waals surface area contributed by atoms with E-state index in [-0.39, 0.29) is 9.92 Å². The number of anilines is 1. The minimum atomic E-state index is -3.61. The zero-order chi connectivity index (χ0) is 18.0. The van der Waals surface area contributed by atoms with Gasteiger partial charge in [-0.1, -0.05) is 39.7 Å². The van der Waals surface area contributed by atoms with Gasteiger partial charge in [0.15, 0.2) is 0 Å². The Labute approximate surface area is 161 Å². The summed E-state index contributed by atoms with van der Waals surface area (Å²) in [6, 6.07) is 12.6. The van der Waals surface area contributed by atoms with Crippen LogP contribution in [0, 0.1) is 0 Å². The van der Waals surface area contributed by atoms with Gasteiger partial charge >= 0.3 is 0 Å². The molecule has 1 saturated heterocycles. The predicted octanol–water partition coefficient (Wildman–Crippen LogP) is 3.62. The Morgan fingerprint density at radius 1 is 1.08 bits per heavy atom. The van der Waals surface area contributed by atoms with Crippen molar-refractivity contribution in [3.63, 3.8) is 0 Å². The number of hydrogen-bond donors (Lipinski definition) is 0. The molecule has 0 saturated carbocycles. The lowest BCUT2D eigenvalue weighted by atomic mass is 10.2. The minimum absolute atomic E-state index is 0.142. The zero-order valence-electron chi connectivity index (χ0n) is 13.7. The van der Waals surface area contributed by atoms with Crippen molar-refractivity contribution in [2.24, 2.45) is 0 Å². The molecule has 1 heterocycles. The highest BCUT2D eigenvalue weighted by Crippen LogP contribution is 2.31. The quantitative estimate of drug-likeness (QED) is 0.721. The SMILES string of the molecule is COc1ccccc1N1CCN(S(=O)(=O)c2ccc(Br)cc2Cl)CC1. The lowest BCUT2D eigenvalue weighted by Crippen LogP contribution is -2.48. The van der Waals surface area contributed by atoms with Crippen LogP contribution < -0.4 is 9.64 Å². The molecule has 2 aromatic rings. The second-order valence-electron chi connectivity index (χ2n) is 5.64. The van der Waals surface area contributed by atoms with Crippen LogP contribution in [0.5, 0.6) is 5.75 Å². The Balaban J connectivity index is 1.77. The number of ether oxygens (including phenoxy) is 1. The topological polar surface area (TPSA) is 49.9 Å². The molecule has 0 aromatic heterocycles. The van der Waals surface area contributed by atoms with Crippen LogP contribution in [0.15, 0.2) is 51.8 Å². The Bertz CT molecular complexity index is 868. The fraction of sp³-hybridized carbons (Fsp3) is 0.294. The van der Waals surface area contributed by atoms with Crippen molar-refractivity contribution in [3.05, 3.63) is 52.0 Å². The molecule has 0 spiro atoms. The highest BCUT2D eigenvalue weighted by Gasteiger charge is 2.30. The van der Waals surface area contributed by atoms with E-state index in [0.29, 0.717) is 26.2 Å². The number of rotatable bonds is 4. The van der Waals surface area contributed by atoms with Crippen molar-refractivity contribution in [1.82, 2.24) is 4.31 Å². The van der Waals surface area contributed by atoms with Crippen LogP contribution in [0.4, 0.5) is 5.69 Å². The minimum Gasteiger partial charge on any atom is -0.495 e. The predicted molar refractivity (Wildman–Crippen MR) is 103 cm³/mol. The van der Waals surface area contributed by atoms with Crippen LogP contribution in [0.3, 0.4) is 0 Å². The Morgan fingerprint density at radius 2 is 1.76 bits per heavy atom. The molecular weight excluding hydrogens is 428 g/mol. The molecule has 0 N–H and O–H groups in total. The van der Waals surface area contributed by atoms with E-state index in [4.69, 9.17) is 16.3 Å². The van der Waals surface area contributed by atoms with Crippen molar-refractivity contribution in [3.8, 4) is 5.75 Å². The summed E-state index contributed by atoms with van der Waals surface area (Å²) in [4.78, 5) is 2.27. The van der Waals surface area contributed by atoms with Crippen molar-refractivity contribution in [2.45, 2.75) is 4.90 Å². The van der Waals surface area contributed by atoms with E-state index in [1.807, 2.05) is 24.3 Å². The summed E-state index contributed by atoms with van der Waals surface area (Å²) in [6.45, 7) is 1.97. The first kappa shape index (κ1) is 18.5. The van der Waals surface area contributed by atoms with Crippen LogP contribution >= 0.6 is 27.5 Å². The average Bonchev–Trinajstić information content (AvgIpc) is 2.61. The highest BCUT2D eigenvalue weighted by molar-refractivity contribution is 9.10. The van der Waals surface area contributed by atoms with Gasteiger partial charge in [0.1, 0.15) is 10.6 Å². The molecule has 1 aliphatic heterocycles. The van der Waals surface area contributed by atoms with E-state index in [1.54, 1.807) is 19.2 Å². The van der Waals surface area contributed by atoms with Gasteiger partial charge in [-0.15, -0.1) is 0 Å². The number of halogens is 2. The monoisotopic (exact) mass is 444 g/mol.